The van der Waals surface area contributed by atoms with Gasteiger partial charge in [0.05, 0.1) is 6.61 Å². The van der Waals surface area contributed by atoms with Crippen molar-refractivity contribution in [3.05, 3.63) is 59.9 Å². The molecular weight excluding hydrogens is 214 g/mol. The first-order valence-electron chi connectivity index (χ1n) is 5.62. The van der Waals surface area contributed by atoms with Gasteiger partial charge in [0.15, 0.2) is 0 Å². The maximum atomic E-state index is 10.2. The van der Waals surface area contributed by atoms with Crippen LogP contribution in [0.2, 0.25) is 0 Å². The fraction of sp³-hybridized carbons (Fsp3) is 0.214. The molecule has 0 saturated carbocycles. The SMILES string of the molecule is CCOc1cccc(C(O)c2ccncc2)c1. The Hall–Kier alpha value is -1.87. The topological polar surface area (TPSA) is 42.4 Å². The number of rotatable bonds is 4. The van der Waals surface area contributed by atoms with Crippen LogP contribution in [0.3, 0.4) is 0 Å². The largest absolute Gasteiger partial charge is 0.494 e. The quantitative estimate of drug-likeness (QED) is 0.876. The van der Waals surface area contributed by atoms with Crippen molar-refractivity contribution in [2.24, 2.45) is 0 Å². The molecule has 2 aromatic rings. The van der Waals surface area contributed by atoms with E-state index in [1.807, 2.05) is 31.2 Å². The zero-order valence-corrected chi connectivity index (χ0v) is 9.71. The maximum absolute atomic E-state index is 10.2. The molecular formula is C14H15NO2. The van der Waals surface area contributed by atoms with E-state index in [9.17, 15) is 5.11 Å². The van der Waals surface area contributed by atoms with Crippen molar-refractivity contribution < 1.29 is 9.84 Å². The summed E-state index contributed by atoms with van der Waals surface area (Å²) in [5, 5.41) is 10.2. The summed E-state index contributed by atoms with van der Waals surface area (Å²) < 4.78 is 5.41. The number of ether oxygens (including phenoxy) is 1. The summed E-state index contributed by atoms with van der Waals surface area (Å²) in [6.45, 7) is 2.56. The zero-order valence-electron chi connectivity index (χ0n) is 9.71. The molecule has 0 aliphatic rings. The molecule has 3 heteroatoms. The van der Waals surface area contributed by atoms with Crippen LogP contribution < -0.4 is 4.74 Å². The van der Waals surface area contributed by atoms with Crippen LogP contribution in [0.5, 0.6) is 5.75 Å². The molecule has 0 spiro atoms. The second-order valence-electron chi connectivity index (χ2n) is 3.69. The Morgan fingerprint density at radius 3 is 2.65 bits per heavy atom. The molecule has 17 heavy (non-hydrogen) atoms. The molecule has 88 valence electrons. The Labute approximate surface area is 101 Å². The van der Waals surface area contributed by atoms with Gasteiger partial charge >= 0.3 is 0 Å². The van der Waals surface area contributed by atoms with E-state index in [2.05, 4.69) is 4.98 Å². The first kappa shape index (κ1) is 11.6. The first-order chi connectivity index (χ1) is 8.31. The highest BCUT2D eigenvalue weighted by Crippen LogP contribution is 2.24. The third kappa shape index (κ3) is 2.82. The average Bonchev–Trinajstić information content (AvgIpc) is 2.40. The average molecular weight is 229 g/mol. The van der Waals surface area contributed by atoms with Crippen LogP contribution in [-0.4, -0.2) is 16.7 Å². The molecule has 1 unspecified atom stereocenters. The zero-order chi connectivity index (χ0) is 12.1. The van der Waals surface area contributed by atoms with Crippen molar-refractivity contribution in [2.75, 3.05) is 6.61 Å². The second-order valence-corrected chi connectivity index (χ2v) is 3.69. The highest BCUT2D eigenvalue weighted by Gasteiger charge is 2.10. The second kappa shape index (κ2) is 5.46. The Bertz CT molecular complexity index is 471. The van der Waals surface area contributed by atoms with Crippen LogP contribution in [0.1, 0.15) is 24.2 Å². The van der Waals surface area contributed by atoms with Crippen molar-refractivity contribution in [3.63, 3.8) is 0 Å². The van der Waals surface area contributed by atoms with Gasteiger partial charge in [-0.1, -0.05) is 12.1 Å². The van der Waals surface area contributed by atoms with Gasteiger partial charge in [-0.15, -0.1) is 0 Å². The molecule has 1 atom stereocenters. The highest BCUT2D eigenvalue weighted by molar-refractivity contribution is 5.34. The van der Waals surface area contributed by atoms with Gasteiger partial charge in [0.2, 0.25) is 0 Å². The summed E-state index contributed by atoms with van der Waals surface area (Å²) in [7, 11) is 0. The van der Waals surface area contributed by atoms with E-state index in [1.165, 1.54) is 0 Å². The minimum Gasteiger partial charge on any atom is -0.494 e. The molecule has 1 heterocycles. The Morgan fingerprint density at radius 1 is 1.18 bits per heavy atom. The molecule has 0 fully saturated rings. The molecule has 0 aliphatic heterocycles. The number of aliphatic hydroxyl groups is 1. The summed E-state index contributed by atoms with van der Waals surface area (Å²) in [5.41, 5.74) is 1.65. The normalized spacial score (nSPS) is 12.1. The van der Waals surface area contributed by atoms with Gasteiger partial charge in [-0.05, 0) is 42.3 Å². The van der Waals surface area contributed by atoms with Gasteiger partial charge in [-0.2, -0.15) is 0 Å². The van der Waals surface area contributed by atoms with Crippen LogP contribution in [-0.2, 0) is 0 Å². The fourth-order valence-electron chi connectivity index (χ4n) is 1.68. The van der Waals surface area contributed by atoms with Crippen molar-refractivity contribution in [1.29, 1.82) is 0 Å². The van der Waals surface area contributed by atoms with Gasteiger partial charge in [0, 0.05) is 12.4 Å². The molecule has 1 aromatic heterocycles. The van der Waals surface area contributed by atoms with E-state index in [-0.39, 0.29) is 0 Å². The first-order valence-corrected chi connectivity index (χ1v) is 5.62. The number of aromatic nitrogens is 1. The number of pyridine rings is 1. The predicted molar refractivity (Wildman–Crippen MR) is 65.9 cm³/mol. The fourth-order valence-corrected chi connectivity index (χ4v) is 1.68. The molecule has 2 rings (SSSR count). The number of aliphatic hydroxyl groups excluding tert-OH is 1. The van der Waals surface area contributed by atoms with E-state index in [0.29, 0.717) is 6.61 Å². The number of benzene rings is 1. The molecule has 0 radical (unpaired) electrons. The predicted octanol–water partition coefficient (Wildman–Crippen LogP) is 2.56. The molecule has 3 nitrogen and oxygen atoms in total. The molecule has 0 amide bonds. The summed E-state index contributed by atoms with van der Waals surface area (Å²) in [6.07, 6.45) is 2.70. The highest BCUT2D eigenvalue weighted by atomic mass is 16.5. The lowest BCUT2D eigenvalue weighted by atomic mass is 10.0. The number of nitrogens with zero attached hydrogens (tertiary/aromatic N) is 1. The summed E-state index contributed by atoms with van der Waals surface area (Å²) in [6, 6.07) is 11.1. The van der Waals surface area contributed by atoms with Gasteiger partial charge in [-0.25, -0.2) is 0 Å². The monoisotopic (exact) mass is 229 g/mol. The molecule has 1 aromatic carbocycles. The van der Waals surface area contributed by atoms with Gasteiger partial charge in [-0.3, -0.25) is 4.98 Å². The standard InChI is InChI=1S/C14H15NO2/c1-2-17-13-5-3-4-12(10-13)14(16)11-6-8-15-9-7-11/h3-10,14,16H,2H2,1H3. The molecule has 1 N–H and O–H groups in total. The lowest BCUT2D eigenvalue weighted by molar-refractivity contribution is 0.219. The minimum atomic E-state index is -0.640. The van der Waals surface area contributed by atoms with Gasteiger partial charge in [0.1, 0.15) is 11.9 Å². The Balaban J connectivity index is 2.25. The van der Waals surface area contributed by atoms with E-state index < -0.39 is 6.10 Å². The van der Waals surface area contributed by atoms with E-state index in [1.54, 1.807) is 24.5 Å². The maximum Gasteiger partial charge on any atom is 0.119 e. The number of hydrogen-bond donors (Lipinski definition) is 1. The third-order valence-electron chi connectivity index (χ3n) is 2.51. The van der Waals surface area contributed by atoms with Crippen molar-refractivity contribution in [2.45, 2.75) is 13.0 Å². The van der Waals surface area contributed by atoms with E-state index in [0.717, 1.165) is 16.9 Å². The minimum absolute atomic E-state index is 0.620. The van der Waals surface area contributed by atoms with Crippen LogP contribution in [0.15, 0.2) is 48.8 Å². The van der Waals surface area contributed by atoms with E-state index >= 15 is 0 Å². The van der Waals surface area contributed by atoms with Crippen LogP contribution in [0, 0.1) is 0 Å². The summed E-state index contributed by atoms with van der Waals surface area (Å²) in [5.74, 6) is 0.776. The lowest BCUT2D eigenvalue weighted by Crippen LogP contribution is -2.00. The van der Waals surface area contributed by atoms with Crippen LogP contribution in [0.4, 0.5) is 0 Å². The molecule has 0 aliphatic carbocycles. The van der Waals surface area contributed by atoms with Crippen molar-refractivity contribution in [3.8, 4) is 5.75 Å². The lowest BCUT2D eigenvalue weighted by Gasteiger charge is -2.12. The molecule has 0 bridgehead atoms. The summed E-state index contributed by atoms with van der Waals surface area (Å²) >= 11 is 0. The summed E-state index contributed by atoms with van der Waals surface area (Å²) in [4.78, 5) is 3.93. The van der Waals surface area contributed by atoms with Crippen molar-refractivity contribution in [1.82, 2.24) is 4.98 Å². The third-order valence-corrected chi connectivity index (χ3v) is 2.51. The molecule has 0 saturated heterocycles. The Morgan fingerprint density at radius 2 is 1.94 bits per heavy atom. The van der Waals surface area contributed by atoms with Gasteiger partial charge in [0.25, 0.3) is 0 Å². The van der Waals surface area contributed by atoms with Crippen LogP contribution >= 0.6 is 0 Å². The Kier molecular flexibility index (Phi) is 3.73. The van der Waals surface area contributed by atoms with Gasteiger partial charge < -0.3 is 9.84 Å². The smallest absolute Gasteiger partial charge is 0.119 e. The van der Waals surface area contributed by atoms with Crippen molar-refractivity contribution >= 4 is 0 Å². The number of hydrogen-bond acceptors (Lipinski definition) is 3. The van der Waals surface area contributed by atoms with Crippen LogP contribution in [0.25, 0.3) is 0 Å². The van der Waals surface area contributed by atoms with E-state index in [4.69, 9.17) is 4.74 Å².